The van der Waals surface area contributed by atoms with Crippen LogP contribution < -0.4 is 5.32 Å². The minimum Gasteiger partial charge on any atom is -0.477 e. The SMILES string of the molecule is C=CCOC(=O)NCc1ncc(C(=O)O)n1C. The molecule has 0 aliphatic carbocycles. The van der Waals surface area contributed by atoms with Gasteiger partial charge >= 0.3 is 12.1 Å². The standard InChI is InChI=1S/C10H13N3O4/c1-3-4-17-10(16)12-6-8-11-5-7(9(14)15)13(8)2/h3,5H,1,4,6H2,2H3,(H,12,16)(H,14,15). The lowest BCUT2D eigenvalue weighted by Gasteiger charge is -2.05. The molecule has 1 aromatic heterocycles. The Morgan fingerprint density at radius 3 is 2.94 bits per heavy atom. The molecule has 0 unspecified atom stereocenters. The van der Waals surface area contributed by atoms with Gasteiger partial charge in [-0.3, -0.25) is 0 Å². The minimum absolute atomic E-state index is 0.0567. The second kappa shape index (κ2) is 5.69. The first-order valence-electron chi connectivity index (χ1n) is 4.81. The second-order valence-electron chi connectivity index (χ2n) is 3.16. The first kappa shape index (κ1) is 12.8. The largest absolute Gasteiger partial charge is 0.477 e. The van der Waals surface area contributed by atoms with Gasteiger partial charge in [0.2, 0.25) is 0 Å². The highest BCUT2D eigenvalue weighted by Gasteiger charge is 2.12. The van der Waals surface area contributed by atoms with Crippen molar-refractivity contribution in [2.75, 3.05) is 6.61 Å². The van der Waals surface area contributed by atoms with E-state index in [1.807, 2.05) is 0 Å². The van der Waals surface area contributed by atoms with Crippen LogP contribution in [0.5, 0.6) is 0 Å². The predicted octanol–water partition coefficient (Wildman–Crippen LogP) is 0.530. The normalized spacial score (nSPS) is 9.71. The monoisotopic (exact) mass is 239 g/mol. The fourth-order valence-corrected chi connectivity index (χ4v) is 1.15. The number of imidazole rings is 1. The number of nitrogens with zero attached hydrogens (tertiary/aromatic N) is 2. The fraction of sp³-hybridized carbons (Fsp3) is 0.300. The zero-order valence-corrected chi connectivity index (χ0v) is 9.34. The third kappa shape index (κ3) is 3.33. The Balaban J connectivity index is 2.55. The summed E-state index contributed by atoms with van der Waals surface area (Å²) >= 11 is 0. The molecule has 0 atom stereocenters. The highest BCUT2D eigenvalue weighted by Crippen LogP contribution is 2.02. The third-order valence-electron chi connectivity index (χ3n) is 2.03. The van der Waals surface area contributed by atoms with Crippen molar-refractivity contribution < 1.29 is 19.4 Å². The number of aromatic nitrogens is 2. The number of hydrogen-bond donors (Lipinski definition) is 2. The van der Waals surface area contributed by atoms with Crippen molar-refractivity contribution in [2.45, 2.75) is 6.54 Å². The van der Waals surface area contributed by atoms with Crippen molar-refractivity contribution in [3.8, 4) is 0 Å². The Morgan fingerprint density at radius 2 is 2.41 bits per heavy atom. The molecule has 0 bridgehead atoms. The van der Waals surface area contributed by atoms with Crippen LogP contribution in [-0.4, -0.2) is 33.3 Å². The molecule has 0 fully saturated rings. The molecule has 1 heterocycles. The van der Waals surface area contributed by atoms with Gasteiger partial charge in [0.15, 0.2) is 0 Å². The number of carboxylic acids is 1. The first-order valence-corrected chi connectivity index (χ1v) is 4.81. The Labute approximate surface area is 97.7 Å². The van der Waals surface area contributed by atoms with Crippen molar-refractivity contribution in [2.24, 2.45) is 7.05 Å². The van der Waals surface area contributed by atoms with Crippen molar-refractivity contribution in [3.05, 3.63) is 30.4 Å². The van der Waals surface area contributed by atoms with Crippen LogP contribution in [0.25, 0.3) is 0 Å². The molecule has 7 heteroatoms. The summed E-state index contributed by atoms with van der Waals surface area (Å²) in [7, 11) is 1.56. The van der Waals surface area contributed by atoms with Crippen LogP contribution in [0.1, 0.15) is 16.3 Å². The third-order valence-corrected chi connectivity index (χ3v) is 2.03. The number of carboxylic acid groups (broad SMARTS) is 1. The first-order chi connectivity index (χ1) is 8.06. The molecule has 0 saturated heterocycles. The van der Waals surface area contributed by atoms with E-state index in [2.05, 4.69) is 21.6 Å². The molecule has 0 aromatic carbocycles. The molecule has 1 aromatic rings. The van der Waals surface area contributed by atoms with Gasteiger partial charge in [-0.15, -0.1) is 0 Å². The van der Waals surface area contributed by atoms with Crippen molar-refractivity contribution in [3.63, 3.8) is 0 Å². The second-order valence-corrected chi connectivity index (χ2v) is 3.16. The highest BCUT2D eigenvalue weighted by molar-refractivity contribution is 5.85. The van der Waals surface area contributed by atoms with Crippen molar-refractivity contribution in [1.82, 2.24) is 14.9 Å². The molecule has 0 aliphatic rings. The average Bonchev–Trinajstić information content (AvgIpc) is 2.65. The van der Waals surface area contributed by atoms with Gasteiger partial charge < -0.3 is 19.7 Å². The Hall–Kier alpha value is -2.31. The summed E-state index contributed by atoms with van der Waals surface area (Å²) in [6.07, 6.45) is 2.07. The molecule has 17 heavy (non-hydrogen) atoms. The summed E-state index contributed by atoms with van der Waals surface area (Å²) < 4.78 is 6.07. The number of rotatable bonds is 5. The Morgan fingerprint density at radius 1 is 1.71 bits per heavy atom. The van der Waals surface area contributed by atoms with Gasteiger partial charge in [-0.2, -0.15) is 0 Å². The minimum atomic E-state index is -1.07. The number of alkyl carbamates (subject to hydrolysis) is 1. The maximum atomic E-state index is 11.1. The number of ether oxygens (including phenoxy) is 1. The number of amides is 1. The number of carbonyl (C=O) groups is 2. The molecule has 7 nitrogen and oxygen atoms in total. The maximum absolute atomic E-state index is 11.1. The molecular weight excluding hydrogens is 226 g/mol. The topological polar surface area (TPSA) is 93.4 Å². The van der Waals surface area contributed by atoms with Crippen LogP contribution in [-0.2, 0) is 18.3 Å². The Kier molecular flexibility index (Phi) is 4.27. The van der Waals surface area contributed by atoms with E-state index >= 15 is 0 Å². The van der Waals surface area contributed by atoms with Crippen LogP contribution in [0.2, 0.25) is 0 Å². The molecule has 0 aliphatic heterocycles. The lowest BCUT2D eigenvalue weighted by Crippen LogP contribution is -2.25. The van der Waals surface area contributed by atoms with Gasteiger partial charge in [0.1, 0.15) is 18.1 Å². The van der Waals surface area contributed by atoms with E-state index in [1.54, 1.807) is 7.05 Å². The van der Waals surface area contributed by atoms with Crippen molar-refractivity contribution in [1.29, 1.82) is 0 Å². The van der Waals surface area contributed by atoms with Gasteiger partial charge in [0.25, 0.3) is 0 Å². The van der Waals surface area contributed by atoms with Gasteiger partial charge in [-0.25, -0.2) is 14.6 Å². The summed E-state index contributed by atoms with van der Waals surface area (Å²) in [5.74, 6) is -0.640. The van der Waals surface area contributed by atoms with Crippen molar-refractivity contribution >= 4 is 12.1 Å². The van der Waals surface area contributed by atoms with Gasteiger partial charge in [0.05, 0.1) is 12.7 Å². The van der Waals surface area contributed by atoms with Gasteiger partial charge in [-0.05, 0) is 0 Å². The zero-order valence-electron chi connectivity index (χ0n) is 9.34. The average molecular weight is 239 g/mol. The zero-order chi connectivity index (χ0) is 12.8. The summed E-state index contributed by atoms with van der Waals surface area (Å²) in [5.41, 5.74) is 0.0567. The van der Waals surface area contributed by atoms with E-state index in [4.69, 9.17) is 5.11 Å². The van der Waals surface area contributed by atoms with E-state index in [0.29, 0.717) is 5.82 Å². The molecule has 1 rings (SSSR count). The number of carbonyl (C=O) groups excluding carboxylic acids is 1. The molecule has 92 valence electrons. The molecule has 2 N–H and O–H groups in total. The number of aromatic carboxylic acids is 1. The molecule has 0 radical (unpaired) electrons. The van der Waals surface area contributed by atoms with Crippen LogP contribution in [0, 0.1) is 0 Å². The highest BCUT2D eigenvalue weighted by atomic mass is 16.5. The lowest BCUT2D eigenvalue weighted by molar-refractivity contribution is 0.0686. The summed E-state index contributed by atoms with van der Waals surface area (Å²) in [6.45, 7) is 3.62. The van der Waals surface area contributed by atoms with E-state index < -0.39 is 12.1 Å². The van der Waals surface area contributed by atoms with E-state index in [0.717, 1.165) is 0 Å². The quantitative estimate of drug-likeness (QED) is 0.731. The molecular formula is C10H13N3O4. The summed E-state index contributed by atoms with van der Waals surface area (Å²) in [5, 5.41) is 11.2. The Bertz CT molecular complexity index is 439. The van der Waals surface area contributed by atoms with Crippen LogP contribution in [0.15, 0.2) is 18.9 Å². The molecule has 0 spiro atoms. The van der Waals surface area contributed by atoms with E-state index in [1.165, 1.54) is 16.8 Å². The summed E-state index contributed by atoms with van der Waals surface area (Å²) in [4.78, 5) is 25.7. The van der Waals surface area contributed by atoms with Gasteiger partial charge in [0, 0.05) is 7.05 Å². The van der Waals surface area contributed by atoms with Gasteiger partial charge in [-0.1, -0.05) is 12.7 Å². The molecule has 0 saturated carbocycles. The number of hydrogen-bond acceptors (Lipinski definition) is 4. The van der Waals surface area contributed by atoms with Crippen LogP contribution in [0.4, 0.5) is 4.79 Å². The van der Waals surface area contributed by atoms with Crippen LogP contribution >= 0.6 is 0 Å². The lowest BCUT2D eigenvalue weighted by atomic mass is 10.5. The fourth-order valence-electron chi connectivity index (χ4n) is 1.15. The van der Waals surface area contributed by atoms with Crippen LogP contribution in [0.3, 0.4) is 0 Å². The van der Waals surface area contributed by atoms with E-state index in [9.17, 15) is 9.59 Å². The summed E-state index contributed by atoms with van der Waals surface area (Å²) in [6, 6.07) is 0. The smallest absolute Gasteiger partial charge is 0.407 e. The maximum Gasteiger partial charge on any atom is 0.407 e. The van der Waals surface area contributed by atoms with E-state index in [-0.39, 0.29) is 18.8 Å². The number of nitrogens with one attached hydrogen (secondary N) is 1. The predicted molar refractivity (Wildman–Crippen MR) is 58.6 cm³/mol. The molecule has 1 amide bonds.